The summed E-state index contributed by atoms with van der Waals surface area (Å²) in [6.45, 7) is 6.31. The molecule has 1 unspecified atom stereocenters. The Bertz CT molecular complexity index is 1530. The number of fused-ring (bicyclic) bond motifs is 1. The van der Waals surface area contributed by atoms with Crippen molar-refractivity contribution in [2.24, 2.45) is 11.7 Å². The first-order valence-corrected chi connectivity index (χ1v) is 17.6. The van der Waals surface area contributed by atoms with Crippen molar-refractivity contribution < 1.29 is 36.2 Å². The third-order valence-corrected chi connectivity index (χ3v) is 13.1. The number of nitrogens with zero attached hydrogens (tertiary/aromatic N) is 3. The van der Waals surface area contributed by atoms with E-state index in [1.165, 1.54) is 33.7 Å². The molecular weight excluding hydrogens is 608 g/mol. The molecule has 2 atom stereocenters. The van der Waals surface area contributed by atoms with Gasteiger partial charge in [0.2, 0.25) is 32.7 Å². The number of carbonyl (C=O) groups excluding carboxylic acids is 1. The van der Waals surface area contributed by atoms with E-state index in [-0.39, 0.29) is 56.6 Å². The number of aliphatic hydroxyl groups is 1. The van der Waals surface area contributed by atoms with Gasteiger partial charge in [-0.05, 0) is 44.0 Å². The Balaban J connectivity index is 1.76. The lowest BCUT2D eigenvalue weighted by Crippen LogP contribution is -2.65. The first kappa shape index (κ1) is 34.1. The largest absolute Gasteiger partial charge is 0.454 e. The van der Waals surface area contributed by atoms with Gasteiger partial charge in [-0.15, -0.1) is 0 Å². The number of carbonyl (C=O) groups is 1. The summed E-state index contributed by atoms with van der Waals surface area (Å²) >= 11 is 0. The molecule has 2 aromatic carbocycles. The van der Waals surface area contributed by atoms with Crippen molar-refractivity contribution in [3.63, 3.8) is 0 Å². The lowest BCUT2D eigenvalue weighted by Gasteiger charge is -2.47. The monoisotopic (exact) mass is 652 g/mol. The Hall–Kier alpha value is -2.75. The predicted molar refractivity (Wildman–Crippen MR) is 166 cm³/mol. The molecule has 1 fully saturated rings. The number of amides is 1. The number of sulfonamides is 2. The van der Waals surface area contributed by atoms with Crippen molar-refractivity contribution in [3.05, 3.63) is 54.1 Å². The summed E-state index contributed by atoms with van der Waals surface area (Å²) in [6, 6.07) is 13.2. The Kier molecular flexibility index (Phi) is 10.3. The van der Waals surface area contributed by atoms with Crippen molar-refractivity contribution in [1.82, 2.24) is 13.5 Å². The molecule has 2 aliphatic heterocycles. The fourth-order valence-electron chi connectivity index (χ4n) is 5.83. The number of nitrogens with two attached hydrogens (primary N) is 1. The zero-order valence-electron chi connectivity index (χ0n) is 25.8. The molecule has 2 aromatic rings. The van der Waals surface area contributed by atoms with Gasteiger partial charge in [-0.3, -0.25) is 4.79 Å². The topological polar surface area (TPSA) is 160 Å². The van der Waals surface area contributed by atoms with Gasteiger partial charge in [-0.1, -0.05) is 44.2 Å². The highest BCUT2D eigenvalue weighted by molar-refractivity contribution is 7.90. The third kappa shape index (κ3) is 7.05. The number of ether oxygens (including phenoxy) is 2. The minimum Gasteiger partial charge on any atom is -0.454 e. The average molecular weight is 653 g/mol. The first-order chi connectivity index (χ1) is 20.6. The molecule has 0 aromatic heterocycles. The summed E-state index contributed by atoms with van der Waals surface area (Å²) in [5, 5.41) is 12.6. The van der Waals surface area contributed by atoms with Gasteiger partial charge in [0, 0.05) is 58.2 Å². The number of benzene rings is 2. The second-order valence-corrected chi connectivity index (χ2v) is 16.6. The third-order valence-electron chi connectivity index (χ3n) is 8.53. The summed E-state index contributed by atoms with van der Waals surface area (Å²) in [5.41, 5.74) is 4.20. The van der Waals surface area contributed by atoms with Crippen molar-refractivity contribution in [2.45, 2.75) is 55.3 Å². The summed E-state index contributed by atoms with van der Waals surface area (Å²) in [7, 11) is -6.55. The number of piperazine rings is 1. The molecule has 0 saturated carbocycles. The van der Waals surface area contributed by atoms with Crippen LogP contribution in [0.2, 0.25) is 0 Å². The normalized spacial score (nSPS) is 19.2. The fraction of sp³-hybridized carbons (Fsp3) is 0.567. The Morgan fingerprint density at radius 1 is 1.02 bits per heavy atom. The second-order valence-electron chi connectivity index (χ2n) is 12.3. The smallest absolute Gasteiger partial charge is 0.243 e. The van der Waals surface area contributed by atoms with Crippen molar-refractivity contribution >= 4 is 26.0 Å². The number of rotatable bonds is 14. The highest BCUT2D eigenvalue weighted by Crippen LogP contribution is 2.42. The van der Waals surface area contributed by atoms with E-state index in [4.69, 9.17) is 15.2 Å². The fourth-order valence-corrected chi connectivity index (χ4v) is 9.64. The quantitative estimate of drug-likeness (QED) is 0.309. The van der Waals surface area contributed by atoms with Crippen LogP contribution in [0.4, 0.5) is 0 Å². The van der Waals surface area contributed by atoms with Crippen molar-refractivity contribution in [2.75, 3.05) is 53.1 Å². The van der Waals surface area contributed by atoms with E-state index in [9.17, 15) is 26.7 Å². The van der Waals surface area contributed by atoms with Crippen LogP contribution in [0.15, 0.2) is 53.4 Å². The van der Waals surface area contributed by atoms with Crippen molar-refractivity contribution in [1.29, 1.82) is 0 Å². The van der Waals surface area contributed by atoms with Gasteiger partial charge in [0.1, 0.15) is 4.75 Å². The molecule has 2 aliphatic rings. The molecule has 244 valence electrons. The Morgan fingerprint density at radius 3 is 2.27 bits per heavy atom. The molecule has 0 bridgehead atoms. The SMILES string of the molecule is CC(C)CN(CC[C@](O)(Cc1ccccc1)C(C)(CC(N)=O)S(=O)(=O)N1CCN(C)CC1)S(=O)(=O)c1ccc2c(c1)OCO2. The number of likely N-dealkylation sites (N-methyl/N-ethyl adjacent to an activating group) is 1. The zero-order valence-corrected chi connectivity index (χ0v) is 27.4. The Morgan fingerprint density at radius 2 is 1.66 bits per heavy atom. The number of hydrogen-bond acceptors (Lipinski definition) is 9. The number of primary amides is 1. The molecule has 3 N–H and O–H groups in total. The van der Waals surface area contributed by atoms with E-state index in [0.29, 0.717) is 30.2 Å². The maximum Gasteiger partial charge on any atom is 0.243 e. The molecule has 1 amide bonds. The maximum atomic E-state index is 14.4. The molecule has 4 rings (SSSR count). The van der Waals surface area contributed by atoms with Crippen LogP contribution in [-0.2, 0) is 31.3 Å². The molecule has 44 heavy (non-hydrogen) atoms. The molecule has 1 saturated heterocycles. The van der Waals surface area contributed by atoms with E-state index in [2.05, 4.69) is 0 Å². The standard InChI is InChI=1S/C30H44N4O8S2/c1-23(2)21-34(43(37,38)25-10-11-26-27(18-25)42-22-41-26)13-12-30(36,19-24-8-6-5-7-9-24)29(3,20-28(31)35)44(39,40)33-16-14-32(4)15-17-33/h5-11,18,23,36H,12-17,19-22H2,1-4H3,(H2,31,35)/t29?,30-/m0/s1. The van der Waals surface area contributed by atoms with Crippen LogP contribution in [0.3, 0.4) is 0 Å². The molecule has 0 radical (unpaired) electrons. The van der Waals surface area contributed by atoms with E-state index >= 15 is 0 Å². The van der Waals surface area contributed by atoms with E-state index < -0.39 is 42.7 Å². The van der Waals surface area contributed by atoms with Gasteiger partial charge in [0.05, 0.1) is 10.5 Å². The molecule has 12 nitrogen and oxygen atoms in total. The summed E-state index contributed by atoms with van der Waals surface area (Å²) in [5.74, 6) is -0.229. The van der Waals surface area contributed by atoms with Gasteiger partial charge in [-0.2, -0.15) is 8.61 Å². The van der Waals surface area contributed by atoms with Gasteiger partial charge in [0.25, 0.3) is 0 Å². The van der Waals surface area contributed by atoms with Crippen LogP contribution in [-0.4, -0.2) is 105 Å². The van der Waals surface area contributed by atoms with Crippen LogP contribution in [0.25, 0.3) is 0 Å². The Labute approximate surface area is 260 Å². The number of hydrogen-bond donors (Lipinski definition) is 2. The van der Waals surface area contributed by atoms with E-state index in [0.717, 1.165) is 0 Å². The van der Waals surface area contributed by atoms with Crippen LogP contribution >= 0.6 is 0 Å². The maximum absolute atomic E-state index is 14.4. The lowest BCUT2D eigenvalue weighted by molar-refractivity contribution is -0.121. The van der Waals surface area contributed by atoms with Crippen molar-refractivity contribution in [3.8, 4) is 11.5 Å². The summed E-state index contributed by atoms with van der Waals surface area (Å²) < 4.78 is 68.0. The van der Waals surface area contributed by atoms with Gasteiger partial charge in [0.15, 0.2) is 11.5 Å². The first-order valence-electron chi connectivity index (χ1n) is 14.7. The van der Waals surface area contributed by atoms with Crippen LogP contribution in [0.1, 0.15) is 39.2 Å². The average Bonchev–Trinajstić information content (AvgIpc) is 3.43. The van der Waals surface area contributed by atoms with Gasteiger partial charge < -0.3 is 25.2 Å². The highest BCUT2D eigenvalue weighted by Gasteiger charge is 2.58. The lowest BCUT2D eigenvalue weighted by atomic mass is 9.78. The molecular formula is C30H44N4O8S2. The predicted octanol–water partition coefficient (Wildman–Crippen LogP) is 1.64. The van der Waals surface area contributed by atoms with E-state index in [1.807, 2.05) is 25.8 Å². The molecule has 0 aliphatic carbocycles. The van der Waals surface area contributed by atoms with Crippen LogP contribution in [0, 0.1) is 5.92 Å². The highest BCUT2D eigenvalue weighted by atomic mass is 32.2. The second kappa shape index (κ2) is 13.3. The molecule has 14 heteroatoms. The zero-order chi connectivity index (χ0) is 32.3. The molecule has 0 spiro atoms. The minimum atomic E-state index is -4.33. The summed E-state index contributed by atoms with van der Waals surface area (Å²) in [4.78, 5) is 14.5. The van der Waals surface area contributed by atoms with E-state index in [1.54, 1.807) is 30.3 Å². The van der Waals surface area contributed by atoms with Crippen LogP contribution < -0.4 is 15.2 Å². The summed E-state index contributed by atoms with van der Waals surface area (Å²) in [6.07, 6.45) is -1.08. The van der Waals surface area contributed by atoms with Gasteiger partial charge in [-0.25, -0.2) is 16.8 Å². The van der Waals surface area contributed by atoms with Gasteiger partial charge >= 0.3 is 0 Å². The minimum absolute atomic E-state index is 0.0126. The van der Waals surface area contributed by atoms with Crippen LogP contribution in [0.5, 0.6) is 11.5 Å². The molecule has 2 heterocycles.